The quantitative estimate of drug-likeness (QED) is 0.226. The van der Waals surface area contributed by atoms with Gasteiger partial charge in [0.05, 0.1) is 18.1 Å². The Morgan fingerprint density at radius 1 is 0.860 bits per heavy atom. The number of hydrogen-bond donors (Lipinski definition) is 2. The molecule has 2 bridgehead atoms. The molecule has 6 aliphatic rings. The normalized spacial score (nSPS) is 47.9. The third kappa shape index (κ3) is 5.26. The highest BCUT2D eigenvalue weighted by molar-refractivity contribution is 5.74. The van der Waals surface area contributed by atoms with Crippen LogP contribution in [-0.4, -0.2) is 41.8 Å². The predicted molar refractivity (Wildman–Crippen MR) is 200 cm³/mol. The minimum Gasteiger partial charge on any atom is -0.481 e. The Labute approximate surface area is 304 Å². The lowest BCUT2D eigenvalue weighted by atomic mass is 9.29. The second-order valence-electron chi connectivity index (χ2n) is 19.9. The summed E-state index contributed by atoms with van der Waals surface area (Å²) in [5, 5.41) is 22.6. The maximum atomic E-state index is 12.8. The number of hydrogen-bond acceptors (Lipinski definition) is 4. The van der Waals surface area contributed by atoms with Gasteiger partial charge in [0.25, 0.3) is 0 Å². The summed E-state index contributed by atoms with van der Waals surface area (Å²) in [6, 6.07) is 9.07. The summed E-state index contributed by atoms with van der Waals surface area (Å²) in [5.41, 5.74) is 2.78. The maximum Gasteiger partial charge on any atom is 0.309 e. The van der Waals surface area contributed by atoms with E-state index >= 15 is 0 Å². The molecular weight excluding hydrogens is 620 g/mol. The Kier molecular flexibility index (Phi) is 9.49. The first-order chi connectivity index (χ1) is 23.7. The minimum absolute atomic E-state index is 0.0235. The van der Waals surface area contributed by atoms with Gasteiger partial charge in [-0.2, -0.15) is 0 Å². The monoisotopic (exact) mass is 691 g/mol. The SMILES string of the molecule is CCCCCCC12CCC3(C)C4CCC5(O)OC(Cc6ccc(CCOC)cc6)C4(CCC3C1(C)CCC1(C)CCC(C)(C(=O)O)CC12)C5C. The molecule has 5 nitrogen and oxygen atoms in total. The highest BCUT2D eigenvalue weighted by Gasteiger charge is 2.76. The van der Waals surface area contributed by atoms with Gasteiger partial charge < -0.3 is 19.7 Å². The molecule has 7 rings (SSSR count). The molecule has 0 aromatic heterocycles. The molecule has 1 spiro atoms. The third-order valence-electron chi connectivity index (χ3n) is 18.0. The van der Waals surface area contributed by atoms with Crippen molar-refractivity contribution in [1.29, 1.82) is 0 Å². The Morgan fingerprint density at radius 2 is 1.56 bits per heavy atom. The molecule has 6 fully saturated rings. The number of ether oxygens (including phenoxy) is 2. The van der Waals surface area contributed by atoms with Gasteiger partial charge in [0.1, 0.15) is 0 Å². The molecule has 1 heterocycles. The molecule has 50 heavy (non-hydrogen) atoms. The Balaban J connectivity index is 1.24. The number of unbranched alkanes of at least 4 members (excludes halogenated alkanes) is 3. The average Bonchev–Trinajstić information content (AvgIpc) is 3.19. The van der Waals surface area contributed by atoms with Crippen LogP contribution in [0.25, 0.3) is 0 Å². The van der Waals surface area contributed by atoms with Crippen molar-refractivity contribution in [1.82, 2.24) is 0 Å². The minimum atomic E-state index is -1.03. The molecule has 1 aromatic carbocycles. The van der Waals surface area contributed by atoms with Gasteiger partial charge >= 0.3 is 5.97 Å². The van der Waals surface area contributed by atoms with E-state index in [9.17, 15) is 15.0 Å². The third-order valence-corrected chi connectivity index (χ3v) is 18.0. The van der Waals surface area contributed by atoms with Crippen LogP contribution >= 0.6 is 0 Å². The van der Waals surface area contributed by atoms with Crippen LogP contribution in [0, 0.1) is 56.2 Å². The number of aliphatic carboxylic acids is 1. The first kappa shape index (κ1) is 36.9. The van der Waals surface area contributed by atoms with Gasteiger partial charge in [-0.15, -0.1) is 0 Å². The number of carboxylic acid groups (broad SMARTS) is 1. The highest BCUT2D eigenvalue weighted by Crippen LogP contribution is 2.81. The smallest absolute Gasteiger partial charge is 0.309 e. The first-order valence-electron chi connectivity index (χ1n) is 20.9. The predicted octanol–water partition coefficient (Wildman–Crippen LogP) is 10.4. The maximum absolute atomic E-state index is 12.8. The van der Waals surface area contributed by atoms with Crippen molar-refractivity contribution < 1.29 is 24.5 Å². The van der Waals surface area contributed by atoms with Gasteiger partial charge in [-0.1, -0.05) is 84.6 Å². The van der Waals surface area contributed by atoms with E-state index in [1.54, 1.807) is 7.11 Å². The van der Waals surface area contributed by atoms with Crippen LogP contribution in [0.1, 0.15) is 155 Å². The Morgan fingerprint density at radius 3 is 2.26 bits per heavy atom. The highest BCUT2D eigenvalue weighted by atomic mass is 16.6. The number of rotatable bonds is 11. The van der Waals surface area contributed by atoms with E-state index < -0.39 is 17.2 Å². The van der Waals surface area contributed by atoms with E-state index in [4.69, 9.17) is 9.47 Å². The molecule has 12 unspecified atom stereocenters. The molecule has 0 radical (unpaired) electrons. The van der Waals surface area contributed by atoms with Crippen molar-refractivity contribution >= 4 is 5.97 Å². The Bertz CT molecular complexity index is 1410. The van der Waals surface area contributed by atoms with Crippen molar-refractivity contribution in [2.24, 2.45) is 56.2 Å². The van der Waals surface area contributed by atoms with Gasteiger partial charge in [0, 0.05) is 24.9 Å². The number of methoxy groups -OCH3 is 1. The summed E-state index contributed by atoms with van der Waals surface area (Å²) in [6.07, 6.45) is 20.1. The van der Waals surface area contributed by atoms with E-state index in [2.05, 4.69) is 65.8 Å². The molecule has 1 saturated heterocycles. The summed E-state index contributed by atoms with van der Waals surface area (Å²) in [7, 11) is 1.76. The molecule has 5 aliphatic carbocycles. The van der Waals surface area contributed by atoms with Crippen LogP contribution in [0.3, 0.4) is 0 Å². The summed E-state index contributed by atoms with van der Waals surface area (Å²) in [5.74, 6) is 0.129. The molecule has 1 aliphatic heterocycles. The second-order valence-corrected chi connectivity index (χ2v) is 19.9. The summed E-state index contributed by atoms with van der Waals surface area (Å²) in [4.78, 5) is 12.8. The first-order valence-corrected chi connectivity index (χ1v) is 20.9. The lowest BCUT2D eigenvalue weighted by Crippen LogP contribution is -2.69. The van der Waals surface area contributed by atoms with Crippen molar-refractivity contribution in [3.63, 3.8) is 0 Å². The largest absolute Gasteiger partial charge is 0.481 e. The average molecular weight is 691 g/mol. The van der Waals surface area contributed by atoms with E-state index in [1.165, 1.54) is 75.3 Å². The fourth-order valence-corrected chi connectivity index (χ4v) is 15.0. The standard InChI is InChI=1S/C45H70O5/c1-8-9-10-11-19-43-27-25-41(5)34(42(43,6)26-24-39(3)22-23-40(4,38(46)47)30-36(39)43)16-20-44-31(2)45(48,21-17-35(41)44)50-37(44)29-33-14-12-32(13-15-33)18-28-49-7/h12-15,31,34-37,48H,8-11,16-30H2,1-7H3,(H,46,47). The van der Waals surface area contributed by atoms with E-state index in [1.807, 2.05) is 0 Å². The molecular formula is C45H70O5. The Hall–Kier alpha value is -1.43. The van der Waals surface area contributed by atoms with Crippen LogP contribution in [0.15, 0.2) is 24.3 Å². The summed E-state index contributed by atoms with van der Waals surface area (Å²) in [6.45, 7) is 15.4. The van der Waals surface area contributed by atoms with Crippen molar-refractivity contribution in [2.75, 3.05) is 13.7 Å². The van der Waals surface area contributed by atoms with Gasteiger partial charge in [-0.05, 0) is 141 Å². The van der Waals surface area contributed by atoms with E-state index in [-0.39, 0.29) is 39.1 Å². The zero-order chi connectivity index (χ0) is 35.8. The zero-order valence-electron chi connectivity index (χ0n) is 32.8. The topological polar surface area (TPSA) is 76.0 Å². The molecule has 280 valence electrons. The second kappa shape index (κ2) is 12.9. The van der Waals surface area contributed by atoms with Crippen LogP contribution in [0.4, 0.5) is 0 Å². The fraction of sp³-hybridized carbons (Fsp3) is 0.844. The number of benzene rings is 1. The summed E-state index contributed by atoms with van der Waals surface area (Å²) < 4.78 is 12.2. The van der Waals surface area contributed by atoms with Crippen molar-refractivity contribution in [2.45, 2.75) is 169 Å². The van der Waals surface area contributed by atoms with Gasteiger partial charge in [-0.3, -0.25) is 4.79 Å². The van der Waals surface area contributed by atoms with Gasteiger partial charge in [0.15, 0.2) is 5.79 Å². The zero-order valence-corrected chi connectivity index (χ0v) is 32.8. The van der Waals surface area contributed by atoms with E-state index in [0.29, 0.717) is 17.8 Å². The van der Waals surface area contributed by atoms with Gasteiger partial charge in [-0.25, -0.2) is 0 Å². The van der Waals surface area contributed by atoms with Crippen LogP contribution in [0.5, 0.6) is 0 Å². The van der Waals surface area contributed by atoms with Gasteiger partial charge in [0.2, 0.25) is 0 Å². The van der Waals surface area contributed by atoms with Crippen LogP contribution < -0.4 is 0 Å². The molecule has 0 amide bonds. The molecule has 12 atom stereocenters. The lowest BCUT2D eigenvalue weighted by molar-refractivity contribution is -0.274. The van der Waals surface area contributed by atoms with Crippen molar-refractivity contribution in [3.05, 3.63) is 35.4 Å². The number of aliphatic hydroxyl groups is 1. The molecule has 1 aromatic rings. The number of carbonyl (C=O) groups is 1. The molecule has 5 heteroatoms. The summed E-state index contributed by atoms with van der Waals surface area (Å²) >= 11 is 0. The lowest BCUT2D eigenvalue weighted by Gasteiger charge is -2.75. The van der Waals surface area contributed by atoms with Crippen molar-refractivity contribution in [3.8, 4) is 0 Å². The molecule has 5 saturated carbocycles. The molecule has 2 N–H and O–H groups in total. The fourth-order valence-electron chi connectivity index (χ4n) is 15.0. The van der Waals surface area contributed by atoms with Crippen LogP contribution in [-0.2, 0) is 27.1 Å². The number of fused-ring (bicyclic) bond motifs is 7. The number of carboxylic acids is 1. The van der Waals surface area contributed by atoms with E-state index in [0.717, 1.165) is 58.0 Å². The van der Waals surface area contributed by atoms with Crippen LogP contribution in [0.2, 0.25) is 0 Å².